The van der Waals surface area contributed by atoms with Crippen LogP contribution in [0.3, 0.4) is 0 Å². The van der Waals surface area contributed by atoms with Crippen LogP contribution < -0.4 is 4.90 Å². The van der Waals surface area contributed by atoms with E-state index in [1.165, 1.54) is 12.1 Å². The fraction of sp³-hybridized carbons (Fsp3) is 0.0417. The van der Waals surface area contributed by atoms with Crippen LogP contribution in [0.2, 0.25) is 0 Å². The molecule has 0 saturated carbocycles. The lowest BCUT2D eigenvalue weighted by molar-refractivity contribution is -0.384. The third kappa shape index (κ3) is 3.84. The van der Waals surface area contributed by atoms with Crippen molar-refractivity contribution in [2.75, 3.05) is 4.90 Å². The molecule has 0 unspecified atom stereocenters. The maximum absolute atomic E-state index is 13.1. The van der Waals surface area contributed by atoms with Crippen molar-refractivity contribution in [1.29, 1.82) is 0 Å². The van der Waals surface area contributed by atoms with Crippen molar-refractivity contribution >= 4 is 28.9 Å². The number of fused-ring (bicyclic) bond motifs is 1. The SMILES string of the molecule is O=C1C(=CC=Cc2ccc([N+](=O)[O-])cc2)c2ccccc2N1Cc1ccc(O)cc1. The summed E-state index contributed by atoms with van der Waals surface area (Å²) in [5, 5.41) is 20.2. The Balaban J connectivity index is 1.59. The summed E-state index contributed by atoms with van der Waals surface area (Å²) in [7, 11) is 0. The third-order valence-corrected chi connectivity index (χ3v) is 4.89. The number of nitro groups is 1. The van der Waals surface area contributed by atoms with Crippen LogP contribution in [-0.4, -0.2) is 15.9 Å². The molecule has 0 bridgehead atoms. The number of carbonyl (C=O) groups excluding carboxylic acids is 1. The zero-order valence-electron chi connectivity index (χ0n) is 15.9. The van der Waals surface area contributed by atoms with E-state index in [0.717, 1.165) is 22.4 Å². The number of benzene rings is 3. The van der Waals surface area contributed by atoms with Crippen LogP contribution in [0.1, 0.15) is 16.7 Å². The lowest BCUT2D eigenvalue weighted by Gasteiger charge is -2.17. The topological polar surface area (TPSA) is 83.7 Å². The van der Waals surface area contributed by atoms with E-state index in [4.69, 9.17) is 0 Å². The molecule has 0 radical (unpaired) electrons. The number of allylic oxidation sites excluding steroid dienone is 2. The zero-order valence-corrected chi connectivity index (χ0v) is 15.9. The van der Waals surface area contributed by atoms with Gasteiger partial charge in [-0.1, -0.05) is 42.5 Å². The van der Waals surface area contributed by atoms with Crippen molar-refractivity contribution in [3.8, 4) is 5.75 Å². The molecular weight excluding hydrogens is 380 g/mol. The predicted molar refractivity (Wildman–Crippen MR) is 116 cm³/mol. The summed E-state index contributed by atoms with van der Waals surface area (Å²) < 4.78 is 0. The Labute approximate surface area is 173 Å². The molecule has 1 N–H and O–H groups in total. The highest BCUT2D eigenvalue weighted by Gasteiger charge is 2.31. The number of amides is 1. The first kappa shape index (κ1) is 19.1. The molecule has 148 valence electrons. The van der Waals surface area contributed by atoms with E-state index in [-0.39, 0.29) is 17.3 Å². The van der Waals surface area contributed by atoms with E-state index in [0.29, 0.717) is 12.1 Å². The minimum atomic E-state index is -0.438. The first-order valence-electron chi connectivity index (χ1n) is 9.35. The highest BCUT2D eigenvalue weighted by atomic mass is 16.6. The summed E-state index contributed by atoms with van der Waals surface area (Å²) in [5.74, 6) is 0.0847. The second kappa shape index (κ2) is 8.05. The Bertz CT molecular complexity index is 1160. The van der Waals surface area contributed by atoms with Crippen LogP contribution in [0.4, 0.5) is 11.4 Å². The van der Waals surface area contributed by atoms with Crippen molar-refractivity contribution in [2.24, 2.45) is 0 Å². The minimum Gasteiger partial charge on any atom is -0.508 e. The fourth-order valence-corrected chi connectivity index (χ4v) is 3.37. The molecule has 3 aromatic carbocycles. The molecule has 0 fully saturated rings. The van der Waals surface area contributed by atoms with Gasteiger partial charge in [0.15, 0.2) is 0 Å². The van der Waals surface area contributed by atoms with E-state index >= 15 is 0 Å². The molecule has 6 heteroatoms. The highest BCUT2D eigenvalue weighted by molar-refractivity contribution is 6.32. The Hall–Kier alpha value is -4.19. The number of nitro benzene ring substituents is 1. The van der Waals surface area contributed by atoms with Crippen LogP contribution in [0.5, 0.6) is 5.75 Å². The number of carbonyl (C=O) groups is 1. The lowest BCUT2D eigenvalue weighted by Crippen LogP contribution is -2.25. The van der Waals surface area contributed by atoms with Crippen LogP contribution in [0.15, 0.2) is 84.9 Å². The quantitative estimate of drug-likeness (QED) is 0.375. The average Bonchev–Trinajstić information content (AvgIpc) is 3.01. The number of phenols is 1. The largest absolute Gasteiger partial charge is 0.508 e. The van der Waals surface area contributed by atoms with Gasteiger partial charge in [-0.2, -0.15) is 0 Å². The molecule has 0 aromatic heterocycles. The summed E-state index contributed by atoms with van der Waals surface area (Å²) in [4.78, 5) is 25.1. The Kier molecular flexibility index (Phi) is 5.13. The molecule has 1 aliphatic rings. The smallest absolute Gasteiger partial charge is 0.269 e. The summed E-state index contributed by atoms with van der Waals surface area (Å²) in [6.45, 7) is 0.402. The van der Waals surface area contributed by atoms with E-state index in [1.54, 1.807) is 59.5 Å². The number of non-ortho nitro benzene ring substituents is 1. The first-order valence-corrected chi connectivity index (χ1v) is 9.35. The van der Waals surface area contributed by atoms with Gasteiger partial charge in [0.2, 0.25) is 0 Å². The van der Waals surface area contributed by atoms with Crippen LogP contribution in [-0.2, 0) is 11.3 Å². The van der Waals surface area contributed by atoms with Crippen molar-refractivity contribution in [2.45, 2.75) is 6.54 Å². The first-order chi connectivity index (χ1) is 14.5. The number of nitrogens with zero attached hydrogens (tertiary/aromatic N) is 2. The lowest BCUT2D eigenvalue weighted by atomic mass is 10.1. The van der Waals surface area contributed by atoms with Gasteiger partial charge in [-0.25, -0.2) is 0 Å². The number of aromatic hydroxyl groups is 1. The molecule has 1 heterocycles. The van der Waals surface area contributed by atoms with Gasteiger partial charge in [-0.15, -0.1) is 0 Å². The van der Waals surface area contributed by atoms with Gasteiger partial charge in [0.1, 0.15) is 5.75 Å². The highest BCUT2D eigenvalue weighted by Crippen LogP contribution is 2.37. The van der Waals surface area contributed by atoms with Gasteiger partial charge >= 0.3 is 0 Å². The van der Waals surface area contributed by atoms with Gasteiger partial charge in [0.25, 0.3) is 11.6 Å². The predicted octanol–water partition coefficient (Wildman–Crippen LogP) is 4.94. The molecule has 0 aliphatic carbocycles. The van der Waals surface area contributed by atoms with E-state index < -0.39 is 4.92 Å². The van der Waals surface area contributed by atoms with Crippen molar-refractivity contribution in [1.82, 2.24) is 0 Å². The molecule has 1 amide bonds. The molecule has 1 aliphatic heterocycles. The standard InChI is InChI=1S/C24H18N2O4/c27-20-14-10-18(11-15-20)16-25-23-7-2-1-5-21(23)22(24(25)28)6-3-4-17-8-12-19(13-9-17)26(29)30/h1-15,27H,16H2. The Morgan fingerprint density at radius 2 is 1.67 bits per heavy atom. The average molecular weight is 398 g/mol. The maximum atomic E-state index is 13.1. The second-order valence-electron chi connectivity index (χ2n) is 6.86. The van der Waals surface area contributed by atoms with E-state index in [1.807, 2.05) is 24.3 Å². The van der Waals surface area contributed by atoms with Crippen LogP contribution in [0.25, 0.3) is 11.6 Å². The van der Waals surface area contributed by atoms with Crippen molar-refractivity contribution in [3.63, 3.8) is 0 Å². The molecule has 30 heavy (non-hydrogen) atoms. The fourth-order valence-electron chi connectivity index (χ4n) is 3.37. The Morgan fingerprint density at radius 1 is 0.967 bits per heavy atom. The number of hydrogen-bond donors (Lipinski definition) is 1. The molecule has 6 nitrogen and oxygen atoms in total. The number of rotatable bonds is 5. The molecular formula is C24H18N2O4. The van der Waals surface area contributed by atoms with Crippen LogP contribution in [0, 0.1) is 10.1 Å². The summed E-state index contributed by atoms with van der Waals surface area (Å²) in [6.07, 6.45) is 5.34. The molecule has 0 atom stereocenters. The Morgan fingerprint density at radius 3 is 2.37 bits per heavy atom. The maximum Gasteiger partial charge on any atom is 0.269 e. The second-order valence-corrected chi connectivity index (χ2v) is 6.86. The molecule has 0 saturated heterocycles. The van der Waals surface area contributed by atoms with E-state index in [2.05, 4.69) is 0 Å². The molecule has 4 rings (SSSR count). The summed E-state index contributed by atoms with van der Waals surface area (Å²) in [6, 6.07) is 20.6. The van der Waals surface area contributed by atoms with Gasteiger partial charge in [-0.05, 0) is 47.5 Å². The number of hydrogen-bond acceptors (Lipinski definition) is 4. The van der Waals surface area contributed by atoms with Crippen LogP contribution >= 0.6 is 0 Å². The number of phenolic OH excluding ortho intramolecular Hbond substituents is 1. The van der Waals surface area contributed by atoms with Gasteiger partial charge in [0.05, 0.1) is 17.2 Å². The van der Waals surface area contributed by atoms with Gasteiger partial charge < -0.3 is 10.0 Å². The molecule has 0 spiro atoms. The zero-order chi connectivity index (χ0) is 21.1. The van der Waals surface area contributed by atoms with E-state index in [9.17, 15) is 20.0 Å². The summed E-state index contributed by atoms with van der Waals surface area (Å²) in [5.41, 5.74) is 4.04. The van der Waals surface area contributed by atoms with Crippen molar-refractivity contribution < 1.29 is 14.8 Å². The van der Waals surface area contributed by atoms with Gasteiger partial charge in [-0.3, -0.25) is 14.9 Å². The van der Waals surface area contributed by atoms with Gasteiger partial charge in [0, 0.05) is 23.3 Å². The third-order valence-electron chi connectivity index (χ3n) is 4.89. The molecule has 3 aromatic rings. The minimum absolute atomic E-state index is 0.0373. The normalized spacial score (nSPS) is 14.5. The number of para-hydroxylation sites is 1. The van der Waals surface area contributed by atoms with Crippen molar-refractivity contribution in [3.05, 3.63) is 112 Å². The monoisotopic (exact) mass is 398 g/mol. The number of anilines is 1. The summed E-state index contributed by atoms with van der Waals surface area (Å²) >= 11 is 0.